The summed E-state index contributed by atoms with van der Waals surface area (Å²) >= 11 is 0. The van der Waals surface area contributed by atoms with Gasteiger partial charge in [-0.05, 0) is 12.1 Å². The Kier molecular flexibility index (Phi) is 4.13. The van der Waals surface area contributed by atoms with Gasteiger partial charge in [-0.15, -0.1) is 0 Å². The van der Waals surface area contributed by atoms with E-state index in [9.17, 15) is 8.42 Å². The molecule has 0 spiro atoms. The molecular formula is C11H17N3O4S. The first kappa shape index (κ1) is 13.9. The standard InChI is InChI=1S/C11H17N3O4S/c1-17-11-8-9(12)2-3-10(11)13-19(15,16)14-4-6-18-7-5-14/h2-3,8,13H,4-7,12H2,1H3. The van der Waals surface area contributed by atoms with Crippen LogP contribution < -0.4 is 15.2 Å². The number of rotatable bonds is 4. The predicted molar refractivity (Wildman–Crippen MR) is 72.3 cm³/mol. The van der Waals surface area contributed by atoms with Crippen LogP contribution in [-0.2, 0) is 14.9 Å². The molecule has 0 unspecified atom stereocenters. The van der Waals surface area contributed by atoms with Gasteiger partial charge in [0.1, 0.15) is 5.75 Å². The maximum absolute atomic E-state index is 12.2. The molecule has 1 aromatic carbocycles. The molecule has 3 N–H and O–H groups in total. The smallest absolute Gasteiger partial charge is 0.301 e. The minimum absolute atomic E-state index is 0.340. The summed E-state index contributed by atoms with van der Waals surface area (Å²) in [5.74, 6) is 0.386. The van der Waals surface area contributed by atoms with Crippen LogP contribution in [0.1, 0.15) is 0 Å². The van der Waals surface area contributed by atoms with Gasteiger partial charge in [-0.25, -0.2) is 0 Å². The highest BCUT2D eigenvalue weighted by Gasteiger charge is 2.25. The van der Waals surface area contributed by atoms with Crippen molar-refractivity contribution in [1.29, 1.82) is 0 Å². The van der Waals surface area contributed by atoms with Gasteiger partial charge in [0.25, 0.3) is 0 Å². The summed E-state index contributed by atoms with van der Waals surface area (Å²) in [6.45, 7) is 1.48. The zero-order valence-corrected chi connectivity index (χ0v) is 11.4. The van der Waals surface area contributed by atoms with E-state index in [0.29, 0.717) is 43.4 Å². The summed E-state index contributed by atoms with van der Waals surface area (Å²) in [6, 6.07) is 4.75. The van der Waals surface area contributed by atoms with Gasteiger partial charge in [0.2, 0.25) is 0 Å². The fourth-order valence-electron chi connectivity index (χ4n) is 1.78. The molecule has 106 valence electrons. The molecular weight excluding hydrogens is 270 g/mol. The first-order valence-electron chi connectivity index (χ1n) is 5.82. The van der Waals surface area contributed by atoms with Crippen molar-refractivity contribution in [2.24, 2.45) is 0 Å². The molecule has 8 heteroatoms. The van der Waals surface area contributed by atoms with E-state index in [1.54, 1.807) is 18.2 Å². The van der Waals surface area contributed by atoms with E-state index in [4.69, 9.17) is 15.2 Å². The van der Waals surface area contributed by atoms with E-state index in [-0.39, 0.29) is 0 Å². The molecule has 1 heterocycles. The van der Waals surface area contributed by atoms with Gasteiger partial charge in [0.15, 0.2) is 0 Å². The van der Waals surface area contributed by atoms with Crippen LogP contribution in [-0.4, -0.2) is 46.1 Å². The van der Waals surface area contributed by atoms with Gasteiger partial charge in [-0.2, -0.15) is 12.7 Å². The summed E-state index contributed by atoms with van der Waals surface area (Å²) in [5, 5.41) is 0. The molecule has 1 aliphatic heterocycles. The Hall–Kier alpha value is -1.51. The van der Waals surface area contributed by atoms with Crippen LogP contribution in [0.5, 0.6) is 5.75 Å². The lowest BCUT2D eigenvalue weighted by atomic mass is 10.2. The summed E-state index contributed by atoms with van der Waals surface area (Å²) in [6.07, 6.45) is 0. The Labute approximate surface area is 112 Å². The fourth-order valence-corrected chi connectivity index (χ4v) is 2.99. The Morgan fingerprint density at radius 3 is 2.68 bits per heavy atom. The third kappa shape index (κ3) is 3.28. The third-order valence-corrected chi connectivity index (χ3v) is 4.30. The molecule has 0 saturated carbocycles. The maximum atomic E-state index is 12.2. The third-order valence-electron chi connectivity index (χ3n) is 2.77. The number of nitrogens with one attached hydrogen (secondary N) is 1. The van der Waals surface area contributed by atoms with Crippen molar-refractivity contribution < 1.29 is 17.9 Å². The highest BCUT2D eigenvalue weighted by atomic mass is 32.2. The topological polar surface area (TPSA) is 93.9 Å². The largest absolute Gasteiger partial charge is 0.494 e. The van der Waals surface area contributed by atoms with Crippen molar-refractivity contribution in [2.75, 3.05) is 43.9 Å². The number of hydrogen-bond acceptors (Lipinski definition) is 5. The van der Waals surface area contributed by atoms with E-state index in [1.807, 2.05) is 0 Å². The van der Waals surface area contributed by atoms with E-state index in [1.165, 1.54) is 11.4 Å². The molecule has 0 bridgehead atoms. The minimum Gasteiger partial charge on any atom is -0.494 e. The van der Waals surface area contributed by atoms with E-state index in [0.717, 1.165) is 0 Å². The van der Waals surface area contributed by atoms with Gasteiger partial charge in [0.05, 0.1) is 26.0 Å². The lowest BCUT2D eigenvalue weighted by Gasteiger charge is -2.26. The van der Waals surface area contributed by atoms with Crippen molar-refractivity contribution in [2.45, 2.75) is 0 Å². The van der Waals surface area contributed by atoms with Crippen molar-refractivity contribution in [3.63, 3.8) is 0 Å². The average Bonchev–Trinajstić information content (AvgIpc) is 2.41. The number of morpholine rings is 1. The molecule has 1 saturated heterocycles. The van der Waals surface area contributed by atoms with Gasteiger partial charge in [0, 0.05) is 24.8 Å². The van der Waals surface area contributed by atoms with E-state index < -0.39 is 10.2 Å². The number of anilines is 2. The molecule has 0 radical (unpaired) electrons. The quantitative estimate of drug-likeness (QED) is 0.775. The van der Waals surface area contributed by atoms with Crippen molar-refractivity contribution in [3.05, 3.63) is 18.2 Å². The first-order valence-corrected chi connectivity index (χ1v) is 7.26. The summed E-state index contributed by atoms with van der Waals surface area (Å²) in [4.78, 5) is 0. The zero-order chi connectivity index (χ0) is 13.9. The van der Waals surface area contributed by atoms with Crippen molar-refractivity contribution in [1.82, 2.24) is 4.31 Å². The second-order valence-electron chi connectivity index (χ2n) is 4.08. The van der Waals surface area contributed by atoms with E-state index in [2.05, 4.69) is 4.72 Å². The highest BCUT2D eigenvalue weighted by Crippen LogP contribution is 2.28. The van der Waals surface area contributed by atoms with Gasteiger partial charge in [-0.3, -0.25) is 4.72 Å². The molecule has 0 amide bonds. The number of nitrogens with zero attached hydrogens (tertiary/aromatic N) is 1. The molecule has 19 heavy (non-hydrogen) atoms. The summed E-state index contributed by atoms with van der Waals surface area (Å²) in [5.41, 5.74) is 6.50. The first-order chi connectivity index (χ1) is 9.03. The zero-order valence-electron chi connectivity index (χ0n) is 10.6. The highest BCUT2D eigenvalue weighted by molar-refractivity contribution is 7.90. The molecule has 1 aromatic rings. The Bertz CT molecular complexity index is 541. The number of benzene rings is 1. The molecule has 0 atom stereocenters. The maximum Gasteiger partial charge on any atom is 0.301 e. The molecule has 2 rings (SSSR count). The van der Waals surface area contributed by atoms with E-state index >= 15 is 0 Å². The Morgan fingerprint density at radius 1 is 1.37 bits per heavy atom. The molecule has 0 aromatic heterocycles. The van der Waals surface area contributed by atoms with Crippen molar-refractivity contribution in [3.8, 4) is 5.75 Å². The number of ether oxygens (including phenoxy) is 2. The second-order valence-corrected chi connectivity index (χ2v) is 5.75. The summed E-state index contributed by atoms with van der Waals surface area (Å²) < 4.78 is 38.4. The van der Waals surface area contributed by atoms with Gasteiger partial charge in [-0.1, -0.05) is 0 Å². The second kappa shape index (κ2) is 5.64. The predicted octanol–water partition coefficient (Wildman–Crippen LogP) is 0.266. The van der Waals surface area contributed by atoms with Crippen LogP contribution in [0.2, 0.25) is 0 Å². The number of methoxy groups -OCH3 is 1. The monoisotopic (exact) mass is 287 g/mol. The van der Waals surface area contributed by atoms with Crippen LogP contribution >= 0.6 is 0 Å². The summed E-state index contributed by atoms with van der Waals surface area (Å²) in [7, 11) is -2.14. The average molecular weight is 287 g/mol. The van der Waals surface area contributed by atoms with Crippen LogP contribution in [0.4, 0.5) is 11.4 Å². The number of nitrogen functional groups attached to an aromatic ring is 1. The van der Waals surface area contributed by atoms with Crippen LogP contribution in [0.15, 0.2) is 18.2 Å². The Balaban J connectivity index is 2.19. The van der Waals surface area contributed by atoms with Crippen LogP contribution in [0.3, 0.4) is 0 Å². The van der Waals surface area contributed by atoms with Gasteiger partial charge >= 0.3 is 10.2 Å². The normalized spacial score (nSPS) is 17.1. The Morgan fingerprint density at radius 2 is 2.05 bits per heavy atom. The fraction of sp³-hybridized carbons (Fsp3) is 0.455. The molecule has 1 fully saturated rings. The number of nitrogens with two attached hydrogens (primary N) is 1. The molecule has 1 aliphatic rings. The SMILES string of the molecule is COc1cc(N)ccc1NS(=O)(=O)N1CCOCC1. The molecule has 0 aliphatic carbocycles. The lowest BCUT2D eigenvalue weighted by Crippen LogP contribution is -2.43. The minimum atomic E-state index is -3.60. The molecule has 7 nitrogen and oxygen atoms in total. The van der Waals surface area contributed by atoms with Crippen molar-refractivity contribution >= 4 is 21.6 Å². The van der Waals surface area contributed by atoms with Crippen LogP contribution in [0, 0.1) is 0 Å². The lowest BCUT2D eigenvalue weighted by molar-refractivity contribution is 0.0733. The van der Waals surface area contributed by atoms with Crippen LogP contribution in [0.25, 0.3) is 0 Å². The van der Waals surface area contributed by atoms with Gasteiger partial charge < -0.3 is 15.2 Å². The number of hydrogen-bond donors (Lipinski definition) is 2.